The topological polar surface area (TPSA) is 105 Å². The lowest BCUT2D eigenvalue weighted by molar-refractivity contribution is -0.125. The highest BCUT2D eigenvalue weighted by Gasteiger charge is 2.29. The second-order valence-electron chi connectivity index (χ2n) is 6.34. The molecule has 0 bridgehead atoms. The van der Waals surface area contributed by atoms with Crippen molar-refractivity contribution in [2.45, 2.75) is 31.8 Å². The standard InChI is InChI=1S/C17H22N4O3.ClH/c18-8-13-2-1-3-14(13)20-16(23)12-6-4-11(5-7-12)10-21-15(22)9-19-17(21)24;/h4-7,13-14H,1-3,8-10,18H2,(H,19,24)(H,20,23);1H. The summed E-state index contributed by atoms with van der Waals surface area (Å²) in [4.78, 5) is 36.6. The number of amides is 4. The van der Waals surface area contributed by atoms with E-state index in [-0.39, 0.29) is 49.4 Å². The maximum Gasteiger partial charge on any atom is 0.324 e. The third kappa shape index (κ3) is 4.29. The number of urea groups is 1. The van der Waals surface area contributed by atoms with Crippen LogP contribution in [0, 0.1) is 5.92 Å². The molecular formula is C17H23ClN4O3. The Balaban J connectivity index is 0.00000225. The monoisotopic (exact) mass is 366 g/mol. The number of nitrogens with one attached hydrogen (secondary N) is 2. The van der Waals surface area contributed by atoms with Crippen LogP contribution in [0.25, 0.3) is 0 Å². The lowest BCUT2D eigenvalue weighted by Crippen LogP contribution is -2.39. The molecule has 2 aliphatic rings. The molecule has 1 saturated carbocycles. The van der Waals surface area contributed by atoms with Crippen molar-refractivity contribution >= 4 is 30.3 Å². The predicted molar refractivity (Wildman–Crippen MR) is 95.3 cm³/mol. The first kappa shape index (κ1) is 19.2. The highest BCUT2D eigenvalue weighted by Crippen LogP contribution is 2.24. The number of carbonyl (C=O) groups is 3. The highest BCUT2D eigenvalue weighted by atomic mass is 35.5. The molecule has 4 N–H and O–H groups in total. The summed E-state index contributed by atoms with van der Waals surface area (Å²) >= 11 is 0. The molecule has 1 aliphatic heterocycles. The molecule has 7 nitrogen and oxygen atoms in total. The van der Waals surface area contributed by atoms with Gasteiger partial charge in [0, 0.05) is 11.6 Å². The molecule has 1 aromatic rings. The molecule has 0 aromatic heterocycles. The van der Waals surface area contributed by atoms with Gasteiger partial charge in [0.05, 0.1) is 13.1 Å². The molecule has 136 valence electrons. The number of hydrogen-bond acceptors (Lipinski definition) is 4. The van der Waals surface area contributed by atoms with Crippen LogP contribution in [0.5, 0.6) is 0 Å². The molecule has 1 aromatic carbocycles. The van der Waals surface area contributed by atoms with Gasteiger partial charge >= 0.3 is 6.03 Å². The van der Waals surface area contributed by atoms with E-state index in [0.29, 0.717) is 18.0 Å². The average molecular weight is 367 g/mol. The second kappa shape index (κ2) is 8.31. The Morgan fingerprint density at radius 2 is 1.96 bits per heavy atom. The molecule has 0 spiro atoms. The summed E-state index contributed by atoms with van der Waals surface area (Å²) < 4.78 is 0. The maximum absolute atomic E-state index is 12.3. The quantitative estimate of drug-likeness (QED) is 0.676. The smallest absolute Gasteiger partial charge is 0.324 e. The third-order valence-corrected chi connectivity index (χ3v) is 4.77. The van der Waals surface area contributed by atoms with Crippen LogP contribution in [-0.2, 0) is 11.3 Å². The number of rotatable bonds is 5. The van der Waals surface area contributed by atoms with Crippen molar-refractivity contribution in [2.24, 2.45) is 11.7 Å². The Kier molecular flexibility index (Phi) is 6.39. The van der Waals surface area contributed by atoms with E-state index in [9.17, 15) is 14.4 Å². The summed E-state index contributed by atoms with van der Waals surface area (Å²) in [5.74, 6) is 0.00526. The van der Waals surface area contributed by atoms with Crippen LogP contribution in [0.4, 0.5) is 4.79 Å². The summed E-state index contributed by atoms with van der Waals surface area (Å²) in [6.07, 6.45) is 3.13. The minimum absolute atomic E-state index is 0. The van der Waals surface area contributed by atoms with E-state index in [1.165, 1.54) is 4.90 Å². The van der Waals surface area contributed by atoms with Gasteiger partial charge in [-0.3, -0.25) is 14.5 Å². The van der Waals surface area contributed by atoms with E-state index < -0.39 is 0 Å². The predicted octanol–water partition coefficient (Wildman–Crippen LogP) is 1.02. The lowest BCUT2D eigenvalue weighted by Gasteiger charge is -2.19. The largest absolute Gasteiger partial charge is 0.349 e. The van der Waals surface area contributed by atoms with Crippen LogP contribution < -0.4 is 16.4 Å². The van der Waals surface area contributed by atoms with Gasteiger partial charge in [-0.2, -0.15) is 0 Å². The zero-order valence-electron chi connectivity index (χ0n) is 13.9. The number of nitrogens with two attached hydrogens (primary N) is 1. The van der Waals surface area contributed by atoms with E-state index >= 15 is 0 Å². The molecule has 4 amide bonds. The van der Waals surface area contributed by atoms with Crippen LogP contribution in [0.15, 0.2) is 24.3 Å². The van der Waals surface area contributed by atoms with E-state index in [1.54, 1.807) is 24.3 Å². The molecule has 1 saturated heterocycles. The third-order valence-electron chi connectivity index (χ3n) is 4.77. The Bertz CT molecular complexity index is 634. The van der Waals surface area contributed by atoms with Gasteiger partial charge in [-0.25, -0.2) is 4.79 Å². The Morgan fingerprint density at radius 3 is 2.56 bits per heavy atom. The second-order valence-corrected chi connectivity index (χ2v) is 6.34. The first-order valence-corrected chi connectivity index (χ1v) is 8.26. The average Bonchev–Trinajstić information content (AvgIpc) is 3.16. The van der Waals surface area contributed by atoms with Gasteiger partial charge in [0.25, 0.3) is 5.91 Å². The van der Waals surface area contributed by atoms with Gasteiger partial charge in [0.1, 0.15) is 0 Å². The number of imide groups is 1. The van der Waals surface area contributed by atoms with Gasteiger partial charge in [0.15, 0.2) is 0 Å². The van der Waals surface area contributed by atoms with Crippen molar-refractivity contribution in [2.75, 3.05) is 13.1 Å². The Morgan fingerprint density at radius 1 is 1.24 bits per heavy atom. The summed E-state index contributed by atoms with van der Waals surface area (Å²) in [6.45, 7) is 0.850. The van der Waals surface area contributed by atoms with Crippen molar-refractivity contribution < 1.29 is 14.4 Å². The zero-order valence-corrected chi connectivity index (χ0v) is 14.7. The van der Waals surface area contributed by atoms with Crippen molar-refractivity contribution in [3.8, 4) is 0 Å². The van der Waals surface area contributed by atoms with Gasteiger partial charge < -0.3 is 16.4 Å². The van der Waals surface area contributed by atoms with Gasteiger partial charge in [-0.05, 0) is 43.0 Å². The SMILES string of the molecule is Cl.NCC1CCCC1NC(=O)c1ccc(CN2C(=O)CNC2=O)cc1. The fourth-order valence-corrected chi connectivity index (χ4v) is 3.32. The summed E-state index contributed by atoms with van der Waals surface area (Å²) in [5.41, 5.74) is 7.11. The number of nitrogens with zero attached hydrogens (tertiary/aromatic N) is 1. The Labute approximate surface area is 152 Å². The van der Waals surface area contributed by atoms with Crippen LogP contribution in [-0.4, -0.2) is 41.9 Å². The van der Waals surface area contributed by atoms with Crippen molar-refractivity contribution in [3.63, 3.8) is 0 Å². The summed E-state index contributed by atoms with van der Waals surface area (Å²) in [7, 11) is 0. The number of carbonyl (C=O) groups excluding carboxylic acids is 3. The van der Waals surface area contributed by atoms with E-state index in [1.807, 2.05) is 0 Å². The normalized spacial score (nSPS) is 22.5. The highest BCUT2D eigenvalue weighted by molar-refractivity contribution is 6.01. The minimum atomic E-state index is -0.379. The van der Waals surface area contributed by atoms with Gasteiger partial charge in [0.2, 0.25) is 5.91 Å². The Hall–Kier alpha value is -2.12. The molecule has 2 unspecified atom stereocenters. The minimum Gasteiger partial charge on any atom is -0.349 e. The summed E-state index contributed by atoms with van der Waals surface area (Å²) in [5, 5.41) is 5.54. The van der Waals surface area contributed by atoms with E-state index in [0.717, 1.165) is 24.8 Å². The van der Waals surface area contributed by atoms with Crippen LogP contribution in [0.2, 0.25) is 0 Å². The van der Waals surface area contributed by atoms with Gasteiger partial charge in [-0.1, -0.05) is 18.6 Å². The van der Waals surface area contributed by atoms with E-state index in [2.05, 4.69) is 10.6 Å². The maximum atomic E-state index is 12.3. The van der Waals surface area contributed by atoms with Crippen LogP contribution in [0.3, 0.4) is 0 Å². The van der Waals surface area contributed by atoms with Crippen molar-refractivity contribution in [3.05, 3.63) is 35.4 Å². The molecule has 1 heterocycles. The number of benzene rings is 1. The van der Waals surface area contributed by atoms with Crippen LogP contribution in [0.1, 0.15) is 35.2 Å². The molecule has 0 radical (unpaired) electrons. The molecule has 8 heteroatoms. The molecule has 2 atom stereocenters. The summed E-state index contributed by atoms with van der Waals surface area (Å²) in [6, 6.07) is 6.74. The number of halogens is 1. The molecule has 2 fully saturated rings. The fraction of sp³-hybridized carbons (Fsp3) is 0.471. The van der Waals surface area contributed by atoms with Gasteiger partial charge in [-0.15, -0.1) is 12.4 Å². The molecule has 1 aliphatic carbocycles. The lowest BCUT2D eigenvalue weighted by atomic mass is 10.0. The number of hydrogen-bond donors (Lipinski definition) is 3. The molecular weight excluding hydrogens is 344 g/mol. The van der Waals surface area contributed by atoms with Crippen LogP contribution >= 0.6 is 12.4 Å². The molecule has 3 rings (SSSR count). The van der Waals surface area contributed by atoms with E-state index in [4.69, 9.17) is 5.73 Å². The fourth-order valence-electron chi connectivity index (χ4n) is 3.32. The zero-order chi connectivity index (χ0) is 17.1. The van der Waals surface area contributed by atoms with Crippen molar-refractivity contribution in [1.29, 1.82) is 0 Å². The molecule has 25 heavy (non-hydrogen) atoms. The van der Waals surface area contributed by atoms with Crippen molar-refractivity contribution in [1.82, 2.24) is 15.5 Å². The first-order chi connectivity index (χ1) is 11.6. The first-order valence-electron chi connectivity index (χ1n) is 8.26.